The van der Waals surface area contributed by atoms with Gasteiger partial charge in [-0.1, -0.05) is 43.2 Å². The van der Waals surface area contributed by atoms with Crippen LogP contribution in [0.3, 0.4) is 0 Å². The number of hydrogen-bond donors (Lipinski definition) is 2. The van der Waals surface area contributed by atoms with Crippen LogP contribution in [0, 0.1) is 11.8 Å². The SMILES string of the molecule is O=C(c1ccc(O)cc1)C1CCN(C(=O)NC(c2ccccc2)C2CCCC2)CC1. The molecule has 0 aromatic heterocycles. The second kappa shape index (κ2) is 9.33. The molecule has 1 saturated heterocycles. The van der Waals surface area contributed by atoms with Crippen molar-refractivity contribution in [2.75, 3.05) is 13.1 Å². The fourth-order valence-corrected chi connectivity index (χ4v) is 4.85. The van der Waals surface area contributed by atoms with E-state index in [0.717, 1.165) is 12.8 Å². The lowest BCUT2D eigenvalue weighted by Crippen LogP contribution is -2.47. The summed E-state index contributed by atoms with van der Waals surface area (Å²) in [4.78, 5) is 27.6. The fraction of sp³-hybridized carbons (Fsp3) is 0.440. The Morgan fingerprint density at radius 1 is 0.900 bits per heavy atom. The number of hydrogen-bond acceptors (Lipinski definition) is 3. The Hall–Kier alpha value is -2.82. The zero-order chi connectivity index (χ0) is 20.9. The molecular formula is C25H30N2O3. The van der Waals surface area contributed by atoms with E-state index in [1.54, 1.807) is 24.3 Å². The van der Waals surface area contributed by atoms with Crippen LogP contribution in [0.25, 0.3) is 0 Å². The molecule has 1 atom stereocenters. The summed E-state index contributed by atoms with van der Waals surface area (Å²) in [5.74, 6) is 0.680. The average molecular weight is 407 g/mol. The van der Waals surface area contributed by atoms with Gasteiger partial charge >= 0.3 is 6.03 Å². The molecule has 1 heterocycles. The highest BCUT2D eigenvalue weighted by Crippen LogP contribution is 2.36. The minimum absolute atomic E-state index is 0.0220. The molecule has 0 spiro atoms. The zero-order valence-corrected chi connectivity index (χ0v) is 17.3. The number of ketones is 1. The molecule has 1 aliphatic carbocycles. The summed E-state index contributed by atoms with van der Waals surface area (Å²) in [6, 6.07) is 16.7. The Morgan fingerprint density at radius 2 is 1.53 bits per heavy atom. The van der Waals surface area contributed by atoms with Crippen LogP contribution in [0.4, 0.5) is 4.79 Å². The number of piperidine rings is 1. The first kappa shape index (κ1) is 20.5. The van der Waals surface area contributed by atoms with E-state index >= 15 is 0 Å². The van der Waals surface area contributed by atoms with E-state index in [2.05, 4.69) is 17.4 Å². The number of nitrogens with one attached hydrogen (secondary N) is 1. The van der Waals surface area contributed by atoms with E-state index in [9.17, 15) is 14.7 Å². The summed E-state index contributed by atoms with van der Waals surface area (Å²) in [5, 5.41) is 12.7. The Kier molecular flexibility index (Phi) is 6.36. The van der Waals surface area contributed by atoms with Crippen LogP contribution in [0.15, 0.2) is 54.6 Å². The van der Waals surface area contributed by atoms with E-state index in [0.29, 0.717) is 37.4 Å². The summed E-state index contributed by atoms with van der Waals surface area (Å²) in [5.41, 5.74) is 1.80. The van der Waals surface area contributed by atoms with Crippen LogP contribution in [0.1, 0.15) is 60.5 Å². The number of benzene rings is 2. The molecule has 2 amide bonds. The molecular weight excluding hydrogens is 376 g/mol. The molecule has 1 saturated carbocycles. The summed E-state index contributed by atoms with van der Waals surface area (Å²) in [6.45, 7) is 1.18. The van der Waals surface area contributed by atoms with Crippen molar-refractivity contribution >= 4 is 11.8 Å². The molecule has 0 bridgehead atoms. The lowest BCUT2D eigenvalue weighted by Gasteiger charge is -2.34. The highest BCUT2D eigenvalue weighted by Gasteiger charge is 2.32. The summed E-state index contributed by atoms with van der Waals surface area (Å²) in [6.07, 6.45) is 6.12. The van der Waals surface area contributed by atoms with Crippen LogP contribution in [-0.2, 0) is 0 Å². The molecule has 5 heteroatoms. The fourth-order valence-electron chi connectivity index (χ4n) is 4.85. The molecule has 2 aromatic carbocycles. The normalized spacial score (nSPS) is 18.9. The smallest absolute Gasteiger partial charge is 0.317 e. The number of phenolic OH excluding ortho intramolecular Hbond substituents is 1. The van der Waals surface area contributed by atoms with Gasteiger partial charge in [0, 0.05) is 24.6 Å². The molecule has 4 rings (SSSR count). The lowest BCUT2D eigenvalue weighted by atomic mass is 9.89. The van der Waals surface area contributed by atoms with E-state index < -0.39 is 0 Å². The third kappa shape index (κ3) is 4.66. The van der Waals surface area contributed by atoms with Crippen LogP contribution < -0.4 is 5.32 Å². The molecule has 5 nitrogen and oxygen atoms in total. The first-order chi connectivity index (χ1) is 14.6. The van der Waals surface area contributed by atoms with Gasteiger partial charge in [-0.25, -0.2) is 4.79 Å². The minimum Gasteiger partial charge on any atom is -0.508 e. The van der Waals surface area contributed by atoms with Crippen LogP contribution >= 0.6 is 0 Å². The van der Waals surface area contributed by atoms with Gasteiger partial charge in [0.05, 0.1) is 6.04 Å². The number of carbonyl (C=O) groups is 2. The van der Waals surface area contributed by atoms with E-state index in [1.807, 2.05) is 23.1 Å². The predicted octanol–water partition coefficient (Wildman–Crippen LogP) is 4.93. The van der Waals surface area contributed by atoms with Crippen LogP contribution in [0.5, 0.6) is 5.75 Å². The van der Waals surface area contributed by atoms with Crippen LogP contribution in [-0.4, -0.2) is 34.9 Å². The summed E-state index contributed by atoms with van der Waals surface area (Å²) in [7, 11) is 0. The first-order valence-corrected chi connectivity index (χ1v) is 11.1. The number of aromatic hydroxyl groups is 1. The van der Waals surface area contributed by atoms with Gasteiger partial charge in [-0.3, -0.25) is 4.79 Å². The van der Waals surface area contributed by atoms with Crippen molar-refractivity contribution < 1.29 is 14.7 Å². The summed E-state index contributed by atoms with van der Waals surface area (Å²) >= 11 is 0. The van der Waals surface area contributed by atoms with E-state index in [4.69, 9.17) is 0 Å². The van der Waals surface area contributed by atoms with Crippen molar-refractivity contribution in [2.24, 2.45) is 11.8 Å². The molecule has 30 heavy (non-hydrogen) atoms. The minimum atomic E-state index is -0.0710. The number of rotatable bonds is 5. The van der Waals surface area contributed by atoms with Crippen molar-refractivity contribution in [3.05, 3.63) is 65.7 Å². The number of urea groups is 1. The standard InChI is InChI=1S/C25H30N2O3/c28-22-12-10-20(11-13-22)24(29)21-14-16-27(17-15-21)25(30)26-23(19-8-4-5-9-19)18-6-2-1-3-7-18/h1-3,6-7,10-13,19,21,23,28H,4-5,8-9,14-17H2,(H,26,30). The third-order valence-corrected chi connectivity index (χ3v) is 6.61. The number of likely N-dealkylation sites (tertiary alicyclic amines) is 1. The molecule has 158 valence electrons. The number of Topliss-reactive ketones (excluding diaryl/α,β-unsaturated/α-hetero) is 1. The number of nitrogens with zero attached hydrogens (tertiary/aromatic N) is 1. The lowest BCUT2D eigenvalue weighted by molar-refractivity contribution is 0.0852. The van der Waals surface area contributed by atoms with Gasteiger partial charge in [-0.05, 0) is 61.4 Å². The highest BCUT2D eigenvalue weighted by atomic mass is 16.3. The predicted molar refractivity (Wildman–Crippen MR) is 116 cm³/mol. The summed E-state index contributed by atoms with van der Waals surface area (Å²) < 4.78 is 0. The van der Waals surface area contributed by atoms with Crippen LogP contribution in [0.2, 0.25) is 0 Å². The molecule has 2 fully saturated rings. The van der Waals surface area contributed by atoms with Crippen molar-refractivity contribution in [3.8, 4) is 5.75 Å². The van der Waals surface area contributed by atoms with Crippen molar-refractivity contribution in [2.45, 2.75) is 44.6 Å². The Balaban J connectivity index is 1.36. The molecule has 2 N–H and O–H groups in total. The topological polar surface area (TPSA) is 69.6 Å². The quantitative estimate of drug-likeness (QED) is 0.692. The van der Waals surface area contributed by atoms with E-state index in [1.165, 1.54) is 18.4 Å². The number of carbonyl (C=O) groups excluding carboxylic acids is 2. The van der Waals surface area contributed by atoms with E-state index in [-0.39, 0.29) is 29.5 Å². The van der Waals surface area contributed by atoms with Gasteiger partial charge in [0.15, 0.2) is 5.78 Å². The zero-order valence-electron chi connectivity index (χ0n) is 17.3. The first-order valence-electron chi connectivity index (χ1n) is 11.1. The molecule has 2 aromatic rings. The largest absolute Gasteiger partial charge is 0.508 e. The van der Waals surface area contributed by atoms with Gasteiger partial charge in [-0.2, -0.15) is 0 Å². The highest BCUT2D eigenvalue weighted by molar-refractivity contribution is 5.98. The molecule has 2 aliphatic rings. The Morgan fingerprint density at radius 3 is 2.17 bits per heavy atom. The number of amides is 2. The monoisotopic (exact) mass is 406 g/mol. The van der Waals surface area contributed by atoms with Gasteiger partial charge in [0.2, 0.25) is 0 Å². The van der Waals surface area contributed by atoms with Gasteiger partial charge < -0.3 is 15.3 Å². The Labute approximate surface area is 178 Å². The second-order valence-corrected chi connectivity index (χ2v) is 8.55. The third-order valence-electron chi connectivity index (χ3n) is 6.61. The maximum Gasteiger partial charge on any atom is 0.317 e. The van der Waals surface area contributed by atoms with Gasteiger partial charge in [0.1, 0.15) is 5.75 Å². The van der Waals surface area contributed by atoms with Gasteiger partial charge in [-0.15, -0.1) is 0 Å². The molecule has 1 unspecified atom stereocenters. The average Bonchev–Trinajstić information content (AvgIpc) is 3.33. The number of phenols is 1. The maximum absolute atomic E-state index is 13.0. The second-order valence-electron chi connectivity index (χ2n) is 8.55. The maximum atomic E-state index is 13.0. The van der Waals surface area contributed by atoms with Crippen molar-refractivity contribution in [1.82, 2.24) is 10.2 Å². The van der Waals surface area contributed by atoms with Gasteiger partial charge in [0.25, 0.3) is 0 Å². The van der Waals surface area contributed by atoms with Crippen molar-refractivity contribution in [3.63, 3.8) is 0 Å². The molecule has 1 aliphatic heterocycles. The van der Waals surface area contributed by atoms with Crippen molar-refractivity contribution in [1.29, 1.82) is 0 Å². The Bertz CT molecular complexity index is 852. The molecule has 0 radical (unpaired) electrons.